The highest BCUT2D eigenvalue weighted by Crippen LogP contribution is 2.34. The molecule has 128 valence electrons. The van der Waals surface area contributed by atoms with E-state index in [2.05, 4.69) is 34.4 Å². The second-order valence-corrected chi connectivity index (χ2v) is 8.97. The first-order valence-electron chi connectivity index (χ1n) is 8.49. The number of piperidine rings is 1. The van der Waals surface area contributed by atoms with E-state index in [1.807, 2.05) is 0 Å². The van der Waals surface area contributed by atoms with E-state index in [9.17, 15) is 4.79 Å². The van der Waals surface area contributed by atoms with Crippen LogP contribution in [0, 0.1) is 13.8 Å². The third-order valence-corrected chi connectivity index (χ3v) is 7.21. The van der Waals surface area contributed by atoms with Crippen molar-refractivity contribution in [2.24, 2.45) is 0 Å². The maximum atomic E-state index is 12.4. The molecular formula is C17H22N4OS2. The van der Waals surface area contributed by atoms with Crippen LogP contribution >= 0.6 is 23.1 Å². The molecule has 0 spiro atoms. The number of thioether (sulfide) groups is 1. The molecule has 4 rings (SSSR count). The number of carbonyl (C=O) groups excluding carboxylic acids is 1. The lowest BCUT2D eigenvalue weighted by Crippen LogP contribution is -2.48. The van der Waals surface area contributed by atoms with Crippen molar-refractivity contribution >= 4 is 39.2 Å². The van der Waals surface area contributed by atoms with E-state index in [0.717, 1.165) is 28.1 Å². The van der Waals surface area contributed by atoms with Crippen molar-refractivity contribution in [3.63, 3.8) is 0 Å². The van der Waals surface area contributed by atoms with Gasteiger partial charge >= 0.3 is 0 Å². The molecule has 2 atom stereocenters. The fraction of sp³-hybridized carbons (Fsp3) is 0.588. The molecule has 5 nitrogen and oxygen atoms in total. The Bertz CT molecular complexity index is 763. The number of aromatic nitrogens is 2. The molecule has 0 radical (unpaired) electrons. The van der Waals surface area contributed by atoms with Gasteiger partial charge in [0.15, 0.2) is 0 Å². The van der Waals surface area contributed by atoms with E-state index >= 15 is 0 Å². The summed E-state index contributed by atoms with van der Waals surface area (Å²) in [7, 11) is 0. The fourth-order valence-corrected chi connectivity index (χ4v) is 5.77. The van der Waals surface area contributed by atoms with Crippen molar-refractivity contribution < 1.29 is 4.79 Å². The van der Waals surface area contributed by atoms with E-state index in [4.69, 9.17) is 0 Å². The third-order valence-electron chi connectivity index (χ3n) is 5.11. The maximum Gasteiger partial charge on any atom is 0.230 e. The number of nitrogens with zero attached hydrogens (tertiary/aromatic N) is 2. The molecule has 1 amide bonds. The monoisotopic (exact) mass is 362 g/mol. The Morgan fingerprint density at radius 3 is 2.83 bits per heavy atom. The smallest absolute Gasteiger partial charge is 0.230 e. The Balaban J connectivity index is 1.39. The van der Waals surface area contributed by atoms with Crippen molar-refractivity contribution in [3.8, 4) is 0 Å². The molecule has 2 aliphatic rings. The van der Waals surface area contributed by atoms with Gasteiger partial charge in [-0.15, -0.1) is 11.3 Å². The standard InChI is InChI=1S/C17H22N4OS2/c1-9-10(2)24-17-15(9)16(18-8-19-17)23-7-14(22)21-13-5-11-3-4-12(6-13)20-11/h8,11-13,20H,3-7H2,1-2H3,(H,21,22). The van der Waals surface area contributed by atoms with Gasteiger partial charge in [-0.3, -0.25) is 4.79 Å². The largest absolute Gasteiger partial charge is 0.353 e. The number of thiophene rings is 1. The molecule has 2 aromatic rings. The summed E-state index contributed by atoms with van der Waals surface area (Å²) in [5.74, 6) is 0.530. The summed E-state index contributed by atoms with van der Waals surface area (Å²) in [6, 6.07) is 1.52. The zero-order valence-electron chi connectivity index (χ0n) is 14.0. The van der Waals surface area contributed by atoms with Crippen LogP contribution in [-0.2, 0) is 4.79 Å². The van der Waals surface area contributed by atoms with Crippen molar-refractivity contribution in [2.45, 2.75) is 62.7 Å². The molecular weight excluding hydrogens is 340 g/mol. The van der Waals surface area contributed by atoms with Crippen LogP contribution in [0.2, 0.25) is 0 Å². The molecule has 4 heterocycles. The predicted molar refractivity (Wildman–Crippen MR) is 98.7 cm³/mol. The Labute approximate surface area is 150 Å². The summed E-state index contributed by atoms with van der Waals surface area (Å²) in [6.07, 6.45) is 6.23. The summed E-state index contributed by atoms with van der Waals surface area (Å²) in [5, 5.41) is 8.85. The SMILES string of the molecule is Cc1sc2ncnc(SCC(=O)NC3CC4CCC(C3)N4)c2c1C. The van der Waals surface area contributed by atoms with Gasteiger partial charge in [0.25, 0.3) is 0 Å². The van der Waals surface area contributed by atoms with Crippen LogP contribution in [0.15, 0.2) is 11.4 Å². The van der Waals surface area contributed by atoms with Gasteiger partial charge in [-0.05, 0) is 45.1 Å². The van der Waals surface area contributed by atoms with E-state index < -0.39 is 0 Å². The van der Waals surface area contributed by atoms with Gasteiger partial charge < -0.3 is 10.6 Å². The molecule has 2 fully saturated rings. The number of rotatable bonds is 4. The van der Waals surface area contributed by atoms with Crippen LogP contribution < -0.4 is 10.6 Å². The number of fused-ring (bicyclic) bond motifs is 3. The van der Waals surface area contributed by atoms with Crippen molar-refractivity contribution in [2.75, 3.05) is 5.75 Å². The molecule has 2 aliphatic heterocycles. The predicted octanol–water partition coefficient (Wildman–Crippen LogP) is 2.80. The molecule has 0 aliphatic carbocycles. The Kier molecular flexibility index (Phi) is 4.49. The Morgan fingerprint density at radius 2 is 2.08 bits per heavy atom. The summed E-state index contributed by atoms with van der Waals surface area (Å²) in [5.41, 5.74) is 1.23. The van der Waals surface area contributed by atoms with Crippen LogP contribution in [0.4, 0.5) is 0 Å². The number of hydrogen-bond acceptors (Lipinski definition) is 6. The van der Waals surface area contributed by atoms with Gasteiger partial charge in [-0.1, -0.05) is 11.8 Å². The van der Waals surface area contributed by atoms with Gasteiger partial charge in [0, 0.05) is 28.4 Å². The summed E-state index contributed by atoms with van der Waals surface area (Å²) >= 11 is 3.21. The Morgan fingerprint density at radius 1 is 1.33 bits per heavy atom. The zero-order valence-corrected chi connectivity index (χ0v) is 15.6. The van der Waals surface area contributed by atoms with Gasteiger partial charge in [0.1, 0.15) is 16.2 Å². The zero-order chi connectivity index (χ0) is 16.7. The van der Waals surface area contributed by atoms with E-state index in [0.29, 0.717) is 23.9 Å². The normalized spacial score (nSPS) is 26.0. The molecule has 2 N–H and O–H groups in total. The molecule has 2 aromatic heterocycles. The van der Waals surface area contributed by atoms with Crippen LogP contribution in [0.5, 0.6) is 0 Å². The molecule has 0 aromatic carbocycles. The second-order valence-electron chi connectivity index (χ2n) is 6.80. The molecule has 2 unspecified atom stereocenters. The van der Waals surface area contributed by atoms with Crippen molar-refractivity contribution in [1.82, 2.24) is 20.6 Å². The van der Waals surface area contributed by atoms with E-state index in [1.54, 1.807) is 17.7 Å². The van der Waals surface area contributed by atoms with Crippen LogP contribution in [0.1, 0.15) is 36.1 Å². The molecule has 2 saturated heterocycles. The number of aryl methyl sites for hydroxylation is 2. The van der Waals surface area contributed by atoms with Crippen LogP contribution in [-0.4, -0.2) is 39.8 Å². The van der Waals surface area contributed by atoms with Crippen LogP contribution in [0.25, 0.3) is 10.2 Å². The second kappa shape index (κ2) is 6.61. The average molecular weight is 363 g/mol. The summed E-state index contributed by atoms with van der Waals surface area (Å²) in [4.78, 5) is 23.4. The highest BCUT2D eigenvalue weighted by atomic mass is 32.2. The first-order valence-corrected chi connectivity index (χ1v) is 10.3. The molecule has 24 heavy (non-hydrogen) atoms. The minimum atomic E-state index is 0.114. The number of carbonyl (C=O) groups is 1. The van der Waals surface area contributed by atoms with E-state index in [-0.39, 0.29) is 5.91 Å². The quantitative estimate of drug-likeness (QED) is 0.647. The number of nitrogens with one attached hydrogen (secondary N) is 2. The van der Waals surface area contributed by atoms with Gasteiger partial charge in [-0.25, -0.2) is 9.97 Å². The highest BCUT2D eigenvalue weighted by Gasteiger charge is 2.33. The number of amides is 1. The molecule has 0 saturated carbocycles. The van der Waals surface area contributed by atoms with Gasteiger partial charge in [0.2, 0.25) is 5.91 Å². The van der Waals surface area contributed by atoms with Crippen LogP contribution in [0.3, 0.4) is 0 Å². The van der Waals surface area contributed by atoms with E-state index in [1.165, 1.54) is 35.0 Å². The topological polar surface area (TPSA) is 66.9 Å². The van der Waals surface area contributed by atoms with Gasteiger partial charge in [-0.2, -0.15) is 0 Å². The maximum absolute atomic E-state index is 12.4. The Hall–Kier alpha value is -1.18. The van der Waals surface area contributed by atoms with Crippen molar-refractivity contribution in [3.05, 3.63) is 16.8 Å². The van der Waals surface area contributed by atoms with Gasteiger partial charge in [0.05, 0.1) is 5.75 Å². The molecule has 7 heteroatoms. The first-order chi connectivity index (χ1) is 11.6. The minimum Gasteiger partial charge on any atom is -0.353 e. The lowest BCUT2D eigenvalue weighted by molar-refractivity contribution is -0.119. The summed E-state index contributed by atoms with van der Waals surface area (Å²) < 4.78 is 0. The first kappa shape index (κ1) is 16.3. The van der Waals surface area contributed by atoms with Crippen molar-refractivity contribution in [1.29, 1.82) is 0 Å². The fourth-order valence-electron chi connectivity index (χ4n) is 3.84. The minimum absolute atomic E-state index is 0.114. The number of hydrogen-bond donors (Lipinski definition) is 2. The summed E-state index contributed by atoms with van der Waals surface area (Å²) in [6.45, 7) is 4.21. The lowest BCUT2D eigenvalue weighted by Gasteiger charge is -2.29. The average Bonchev–Trinajstić information content (AvgIpc) is 3.05. The lowest BCUT2D eigenvalue weighted by atomic mass is 10.00. The molecule has 2 bridgehead atoms. The third kappa shape index (κ3) is 3.17. The highest BCUT2D eigenvalue weighted by molar-refractivity contribution is 8.00.